The van der Waals surface area contributed by atoms with Crippen LogP contribution in [0.15, 0.2) is 11.6 Å². The van der Waals surface area contributed by atoms with Gasteiger partial charge in [-0.3, -0.25) is 4.79 Å². The molecular weight excluding hydrogens is 344 g/mol. The fourth-order valence-corrected chi connectivity index (χ4v) is 7.29. The molecule has 9 atom stereocenters. The van der Waals surface area contributed by atoms with Gasteiger partial charge in [0, 0.05) is 18.8 Å². The minimum absolute atomic E-state index is 0.0160. The summed E-state index contributed by atoms with van der Waals surface area (Å²) in [6.45, 7) is 7.63. The summed E-state index contributed by atoms with van der Waals surface area (Å²) >= 11 is 0. The molecule has 4 aliphatic carbocycles. The number of aliphatic hydroxyl groups excluding tert-OH is 2. The number of esters is 1. The van der Waals surface area contributed by atoms with Crippen molar-refractivity contribution in [3.8, 4) is 0 Å². The van der Waals surface area contributed by atoms with E-state index < -0.39 is 17.8 Å². The molecule has 5 unspecified atom stereocenters. The number of aliphatic hydroxyl groups is 3. The molecule has 3 N–H and O–H groups in total. The molecule has 0 aromatic rings. The van der Waals surface area contributed by atoms with E-state index in [1.807, 2.05) is 13.0 Å². The largest absolute Gasteiger partial charge is 0.462 e. The predicted molar refractivity (Wildman–Crippen MR) is 101 cm³/mol. The van der Waals surface area contributed by atoms with E-state index >= 15 is 0 Å². The molecule has 5 heteroatoms. The zero-order valence-electron chi connectivity index (χ0n) is 16.9. The number of hydrogen-bond donors (Lipinski definition) is 3. The number of hydrogen-bond acceptors (Lipinski definition) is 5. The van der Waals surface area contributed by atoms with E-state index in [2.05, 4.69) is 13.8 Å². The highest BCUT2D eigenvalue weighted by Gasteiger charge is 2.66. The Hall–Kier alpha value is -0.910. The average Bonchev–Trinajstić information content (AvgIpc) is 2.78. The molecule has 3 fully saturated rings. The first-order valence-corrected chi connectivity index (χ1v) is 10.5. The number of rotatable bonds is 1. The minimum Gasteiger partial charge on any atom is -0.462 e. The second-order valence-corrected chi connectivity index (χ2v) is 10.3. The third-order valence-electron chi connectivity index (χ3n) is 8.92. The van der Waals surface area contributed by atoms with Crippen LogP contribution in [0.3, 0.4) is 0 Å². The van der Waals surface area contributed by atoms with Crippen molar-refractivity contribution >= 4 is 5.97 Å². The summed E-state index contributed by atoms with van der Waals surface area (Å²) in [5.41, 5.74) is -0.233. The minimum atomic E-state index is -0.804. The van der Waals surface area contributed by atoms with Gasteiger partial charge in [-0.2, -0.15) is 0 Å². The molecule has 4 aliphatic rings. The van der Waals surface area contributed by atoms with Crippen LogP contribution in [0.4, 0.5) is 0 Å². The first-order chi connectivity index (χ1) is 12.5. The van der Waals surface area contributed by atoms with Gasteiger partial charge in [-0.15, -0.1) is 0 Å². The molecule has 0 aromatic carbocycles. The number of carbonyl (C=O) groups excluding carboxylic acids is 1. The second kappa shape index (κ2) is 6.04. The first kappa shape index (κ1) is 19.4. The molecule has 0 spiro atoms. The Labute approximate surface area is 161 Å². The van der Waals surface area contributed by atoms with E-state index in [1.165, 1.54) is 6.92 Å². The fraction of sp³-hybridized carbons (Fsp3) is 0.864. The zero-order chi connectivity index (χ0) is 19.8. The number of fused-ring (bicyclic) bond motifs is 5. The topological polar surface area (TPSA) is 87.0 Å². The van der Waals surface area contributed by atoms with Gasteiger partial charge >= 0.3 is 5.97 Å². The Bertz CT molecular complexity index is 670. The maximum atomic E-state index is 11.4. The van der Waals surface area contributed by atoms with Crippen molar-refractivity contribution in [1.29, 1.82) is 0 Å². The van der Waals surface area contributed by atoms with E-state index in [-0.39, 0.29) is 40.7 Å². The zero-order valence-corrected chi connectivity index (χ0v) is 16.9. The molecule has 0 amide bonds. The van der Waals surface area contributed by atoms with Gasteiger partial charge in [0.1, 0.15) is 6.10 Å². The maximum Gasteiger partial charge on any atom is 0.302 e. The van der Waals surface area contributed by atoms with Gasteiger partial charge in [0.15, 0.2) is 0 Å². The molecule has 4 rings (SSSR count). The average molecular weight is 379 g/mol. The van der Waals surface area contributed by atoms with Gasteiger partial charge in [0.25, 0.3) is 0 Å². The van der Waals surface area contributed by atoms with Crippen molar-refractivity contribution < 1.29 is 24.9 Å². The van der Waals surface area contributed by atoms with E-state index in [0.29, 0.717) is 12.8 Å². The van der Waals surface area contributed by atoms with Crippen LogP contribution in [0.25, 0.3) is 0 Å². The quantitative estimate of drug-likeness (QED) is 0.482. The van der Waals surface area contributed by atoms with Crippen LogP contribution in [0, 0.1) is 28.6 Å². The third-order valence-corrected chi connectivity index (χ3v) is 8.92. The molecule has 3 saturated carbocycles. The van der Waals surface area contributed by atoms with E-state index in [9.17, 15) is 20.1 Å². The van der Waals surface area contributed by atoms with Gasteiger partial charge in [-0.25, -0.2) is 0 Å². The fourth-order valence-electron chi connectivity index (χ4n) is 7.29. The maximum absolute atomic E-state index is 11.4. The lowest BCUT2D eigenvalue weighted by Crippen LogP contribution is -2.62. The standard InChI is InChI=1S/C22H34O5/c1-12(23)27-14-5-7-20(2)13(9-14)10-16(24)18-15-6-8-22(4,26)21(15,3)11-17(25)19(18)20/h10,14-19,24-26H,5-9,11H2,1-4H3/t14-,15?,16?,17?,18?,19?,20-,21-,22-/m0/s1. The Morgan fingerprint density at radius 3 is 2.56 bits per heavy atom. The molecule has 152 valence electrons. The summed E-state index contributed by atoms with van der Waals surface area (Å²) in [5.74, 6) is -0.110. The monoisotopic (exact) mass is 378 g/mol. The van der Waals surface area contributed by atoms with Crippen LogP contribution in [-0.2, 0) is 9.53 Å². The Kier molecular flexibility index (Phi) is 4.34. The number of carbonyl (C=O) groups is 1. The number of ether oxygens (including phenoxy) is 1. The highest BCUT2D eigenvalue weighted by molar-refractivity contribution is 5.66. The van der Waals surface area contributed by atoms with Crippen LogP contribution in [0.5, 0.6) is 0 Å². The van der Waals surface area contributed by atoms with Crippen molar-refractivity contribution in [1.82, 2.24) is 0 Å². The lowest BCUT2D eigenvalue weighted by atomic mass is 9.45. The van der Waals surface area contributed by atoms with Crippen molar-refractivity contribution in [2.45, 2.75) is 90.1 Å². The summed E-state index contributed by atoms with van der Waals surface area (Å²) in [7, 11) is 0. The normalized spacial score (nSPS) is 54.4. The smallest absolute Gasteiger partial charge is 0.302 e. The highest BCUT2D eigenvalue weighted by atomic mass is 16.5. The van der Waals surface area contributed by atoms with Crippen LogP contribution in [-0.4, -0.2) is 45.2 Å². The Morgan fingerprint density at radius 1 is 1.19 bits per heavy atom. The van der Waals surface area contributed by atoms with Gasteiger partial charge in [-0.05, 0) is 62.2 Å². The van der Waals surface area contributed by atoms with Gasteiger partial charge < -0.3 is 20.1 Å². The SMILES string of the molecule is CC(=O)O[C@H]1CC[C@@]2(C)C(=CC(O)C3C2C(O)C[C@@]2(C)C3CC[C@]2(C)O)C1. The van der Waals surface area contributed by atoms with Crippen LogP contribution in [0.1, 0.15) is 66.2 Å². The van der Waals surface area contributed by atoms with Gasteiger partial charge in [-0.1, -0.05) is 25.5 Å². The summed E-state index contributed by atoms with van der Waals surface area (Å²) in [6.07, 6.45) is 5.14. The summed E-state index contributed by atoms with van der Waals surface area (Å²) < 4.78 is 5.44. The predicted octanol–water partition coefficient (Wildman–Crippen LogP) is 2.57. The van der Waals surface area contributed by atoms with Crippen molar-refractivity contribution in [2.75, 3.05) is 0 Å². The van der Waals surface area contributed by atoms with E-state index in [0.717, 1.165) is 31.3 Å². The summed E-state index contributed by atoms with van der Waals surface area (Å²) in [5, 5.41) is 33.3. The lowest BCUT2D eigenvalue weighted by Gasteiger charge is -2.61. The molecule has 0 radical (unpaired) electrons. The Balaban J connectivity index is 1.70. The van der Waals surface area contributed by atoms with Gasteiger partial charge in [0.05, 0.1) is 17.8 Å². The van der Waals surface area contributed by atoms with Crippen LogP contribution < -0.4 is 0 Å². The van der Waals surface area contributed by atoms with E-state index in [1.54, 1.807) is 0 Å². The first-order valence-electron chi connectivity index (χ1n) is 10.5. The molecular formula is C22H34O5. The van der Waals surface area contributed by atoms with Crippen molar-refractivity contribution in [3.63, 3.8) is 0 Å². The van der Waals surface area contributed by atoms with Crippen molar-refractivity contribution in [3.05, 3.63) is 11.6 Å². The summed E-state index contributed by atoms with van der Waals surface area (Å²) in [6, 6.07) is 0. The third kappa shape index (κ3) is 2.65. The molecule has 5 nitrogen and oxygen atoms in total. The van der Waals surface area contributed by atoms with E-state index in [4.69, 9.17) is 4.74 Å². The molecule has 0 saturated heterocycles. The molecule has 0 heterocycles. The second-order valence-electron chi connectivity index (χ2n) is 10.3. The molecule has 27 heavy (non-hydrogen) atoms. The highest BCUT2D eigenvalue weighted by Crippen LogP contribution is 2.67. The van der Waals surface area contributed by atoms with Crippen molar-refractivity contribution in [2.24, 2.45) is 28.6 Å². The Morgan fingerprint density at radius 2 is 1.89 bits per heavy atom. The molecule has 0 aromatic heterocycles. The van der Waals surface area contributed by atoms with Gasteiger partial charge in [0.2, 0.25) is 0 Å². The molecule has 0 aliphatic heterocycles. The summed E-state index contributed by atoms with van der Waals surface area (Å²) in [4.78, 5) is 11.4. The molecule has 0 bridgehead atoms. The van der Waals surface area contributed by atoms with Crippen LogP contribution >= 0.6 is 0 Å². The lowest BCUT2D eigenvalue weighted by molar-refractivity contribution is -0.182. The van der Waals surface area contributed by atoms with Crippen LogP contribution in [0.2, 0.25) is 0 Å².